The molecule has 9 rings (SSSR count). The van der Waals surface area contributed by atoms with Crippen molar-refractivity contribution >= 4 is 38.1 Å². The van der Waals surface area contributed by atoms with E-state index in [1.807, 2.05) is 38.6 Å². The van der Waals surface area contributed by atoms with Crippen LogP contribution in [0, 0.1) is 0 Å². The molecule has 0 amide bonds. The third-order valence-corrected chi connectivity index (χ3v) is 8.66. The summed E-state index contributed by atoms with van der Waals surface area (Å²) in [5.41, 5.74) is 13.7. The van der Waals surface area contributed by atoms with E-state index in [2.05, 4.69) is 82.0 Å². The highest BCUT2D eigenvalue weighted by atomic mass is 14.9. The number of hydrogen-bond donors (Lipinski definition) is 0. The lowest BCUT2D eigenvalue weighted by atomic mass is 9.60. The zero-order chi connectivity index (χ0) is 24.9. The highest BCUT2D eigenvalue weighted by molar-refractivity contribution is 6.31. The van der Waals surface area contributed by atoms with Gasteiger partial charge in [-0.15, -0.1) is 0 Å². The molecule has 7 aromatic rings. The van der Waals surface area contributed by atoms with Crippen molar-refractivity contribution in [2.24, 2.45) is 0 Å². The maximum atomic E-state index is 4.55. The fraction of sp³-hybridized carbons (Fsp3) is 0.176. The Morgan fingerprint density at radius 2 is 1.16 bits per heavy atom. The van der Waals surface area contributed by atoms with Crippen LogP contribution in [-0.2, 0) is 18.3 Å². The van der Waals surface area contributed by atoms with Crippen LogP contribution in [0.3, 0.4) is 0 Å². The molecular weight excluding hydrogens is 450 g/mol. The number of aromatic nitrogens is 3. The van der Waals surface area contributed by atoms with Crippen molar-refractivity contribution in [3.05, 3.63) is 102 Å². The molecule has 2 aliphatic carbocycles. The van der Waals surface area contributed by atoms with Gasteiger partial charge in [-0.05, 0) is 63.9 Å². The number of benzene rings is 3. The molecule has 0 radical (unpaired) electrons. The van der Waals surface area contributed by atoms with Crippen LogP contribution < -0.4 is 0 Å². The third kappa shape index (κ3) is 2.42. The van der Waals surface area contributed by atoms with E-state index >= 15 is 0 Å². The Balaban J connectivity index is 0.00000105. The fourth-order valence-electron chi connectivity index (χ4n) is 7.47. The number of pyridine rings is 2. The van der Waals surface area contributed by atoms with Gasteiger partial charge < -0.3 is 4.40 Å². The summed E-state index contributed by atoms with van der Waals surface area (Å²) in [6, 6.07) is 22.5. The zero-order valence-electron chi connectivity index (χ0n) is 21.3. The summed E-state index contributed by atoms with van der Waals surface area (Å²) in [7, 11) is 0. The van der Waals surface area contributed by atoms with Crippen molar-refractivity contribution in [3.8, 4) is 22.3 Å². The van der Waals surface area contributed by atoms with Crippen molar-refractivity contribution in [1.82, 2.24) is 14.4 Å². The van der Waals surface area contributed by atoms with Crippen LogP contribution in [0.2, 0.25) is 0 Å². The Labute approximate surface area is 215 Å². The molecule has 0 fully saturated rings. The molecule has 0 saturated carbocycles. The first-order valence-corrected chi connectivity index (χ1v) is 13.3. The first-order valence-electron chi connectivity index (χ1n) is 13.3. The first kappa shape index (κ1) is 20.9. The molecule has 2 aliphatic rings. The lowest BCUT2D eigenvalue weighted by Gasteiger charge is -2.43. The van der Waals surface area contributed by atoms with Crippen LogP contribution in [0.25, 0.3) is 60.3 Å². The van der Waals surface area contributed by atoms with Gasteiger partial charge in [0.25, 0.3) is 0 Å². The highest BCUT2D eigenvalue weighted by Gasteiger charge is 2.43. The van der Waals surface area contributed by atoms with Gasteiger partial charge in [0.2, 0.25) is 0 Å². The van der Waals surface area contributed by atoms with Crippen molar-refractivity contribution in [1.29, 1.82) is 0 Å². The van der Waals surface area contributed by atoms with Gasteiger partial charge in [0, 0.05) is 39.4 Å². The van der Waals surface area contributed by atoms with Crippen molar-refractivity contribution in [2.45, 2.75) is 39.0 Å². The van der Waals surface area contributed by atoms with Crippen LogP contribution >= 0.6 is 0 Å². The Morgan fingerprint density at radius 3 is 1.68 bits per heavy atom. The summed E-state index contributed by atoms with van der Waals surface area (Å²) in [5, 5.41) is 5.29. The molecule has 3 nitrogen and oxygen atoms in total. The first-order chi connectivity index (χ1) is 18.2. The topological polar surface area (TPSA) is 30.2 Å². The molecule has 37 heavy (non-hydrogen) atoms. The molecular formula is C34H27N3. The van der Waals surface area contributed by atoms with Crippen molar-refractivity contribution < 1.29 is 0 Å². The van der Waals surface area contributed by atoms with Gasteiger partial charge in [-0.1, -0.05) is 69.3 Å². The number of hydrogen-bond acceptors (Lipinski definition) is 2. The zero-order valence-corrected chi connectivity index (χ0v) is 21.3. The molecule has 0 saturated heterocycles. The summed E-state index contributed by atoms with van der Waals surface area (Å²) in [4.78, 5) is 9.09. The summed E-state index contributed by atoms with van der Waals surface area (Å²) in [5.74, 6) is 0. The predicted octanol–water partition coefficient (Wildman–Crippen LogP) is 8.36. The van der Waals surface area contributed by atoms with E-state index in [1.54, 1.807) is 0 Å². The van der Waals surface area contributed by atoms with Crippen LogP contribution in [-0.4, -0.2) is 14.4 Å². The Morgan fingerprint density at radius 1 is 0.676 bits per heavy atom. The molecule has 0 spiro atoms. The maximum Gasteiger partial charge on any atom is 0.0725 e. The number of rotatable bonds is 0. The average Bonchev–Trinajstić information content (AvgIpc) is 3.46. The van der Waals surface area contributed by atoms with E-state index in [-0.39, 0.29) is 5.41 Å². The minimum Gasteiger partial charge on any atom is -0.305 e. The Bertz CT molecular complexity index is 1890. The van der Waals surface area contributed by atoms with Crippen LogP contribution in [0.5, 0.6) is 0 Å². The minimum atomic E-state index is 0.0370. The molecule has 4 aromatic heterocycles. The standard InChI is InChI=1S/C32H21N3.C2H6/c1-32-14-18-6-2-4-8-20(18)26-28-22-10-12-33-16-24(22)35-25-17-34-13-11-23(25)29(31(28)35)27(30(26)32)21-9-5-3-7-19(21)15-32;1-2/h2-13,16-17H,14-15H2,1H3;1-2H3. The quantitative estimate of drug-likeness (QED) is 0.220. The van der Waals surface area contributed by atoms with Gasteiger partial charge in [-0.3, -0.25) is 9.97 Å². The van der Waals surface area contributed by atoms with Gasteiger partial charge in [0.1, 0.15) is 0 Å². The SMILES string of the molecule is CC.CC12Cc3ccccc3-c3c1c(c1c4ccncc4n4c5cnccc5c3c14)-c1ccccc1C2. The molecule has 178 valence electrons. The molecule has 0 unspecified atom stereocenters. The van der Waals surface area contributed by atoms with E-state index in [0.717, 1.165) is 23.9 Å². The normalized spacial score (nSPS) is 14.9. The number of fused-ring (bicyclic) bond motifs is 12. The lowest BCUT2D eigenvalue weighted by molar-refractivity contribution is 0.458. The Kier molecular flexibility index (Phi) is 4.05. The molecule has 0 N–H and O–H groups in total. The third-order valence-electron chi connectivity index (χ3n) is 8.66. The second kappa shape index (κ2) is 7.17. The predicted molar refractivity (Wildman–Crippen MR) is 154 cm³/mol. The molecule has 4 heterocycles. The van der Waals surface area contributed by atoms with Gasteiger partial charge in [-0.2, -0.15) is 0 Å². The van der Waals surface area contributed by atoms with Gasteiger partial charge >= 0.3 is 0 Å². The lowest BCUT2D eigenvalue weighted by Crippen LogP contribution is -2.35. The average molecular weight is 478 g/mol. The molecule has 3 heteroatoms. The van der Waals surface area contributed by atoms with Crippen molar-refractivity contribution in [3.63, 3.8) is 0 Å². The monoisotopic (exact) mass is 477 g/mol. The summed E-state index contributed by atoms with van der Waals surface area (Å²) in [6.07, 6.45) is 10.0. The second-order valence-electron chi connectivity index (χ2n) is 10.6. The Hall–Kier alpha value is -4.24. The molecule has 0 bridgehead atoms. The van der Waals surface area contributed by atoms with Crippen LogP contribution in [0.4, 0.5) is 0 Å². The molecule has 0 aliphatic heterocycles. The molecule has 0 atom stereocenters. The van der Waals surface area contributed by atoms with Crippen LogP contribution in [0.1, 0.15) is 37.5 Å². The van der Waals surface area contributed by atoms with Gasteiger partial charge in [0.05, 0.1) is 28.9 Å². The van der Waals surface area contributed by atoms with E-state index in [1.165, 1.54) is 66.0 Å². The highest BCUT2D eigenvalue weighted by Crippen LogP contribution is 2.59. The summed E-state index contributed by atoms with van der Waals surface area (Å²) >= 11 is 0. The summed E-state index contributed by atoms with van der Waals surface area (Å²) < 4.78 is 2.41. The van der Waals surface area contributed by atoms with Gasteiger partial charge in [0.15, 0.2) is 0 Å². The molecule has 3 aromatic carbocycles. The maximum absolute atomic E-state index is 4.55. The fourth-order valence-corrected chi connectivity index (χ4v) is 7.47. The number of nitrogens with zero attached hydrogens (tertiary/aromatic N) is 3. The summed E-state index contributed by atoms with van der Waals surface area (Å²) in [6.45, 7) is 6.49. The van der Waals surface area contributed by atoms with Crippen LogP contribution in [0.15, 0.2) is 85.5 Å². The van der Waals surface area contributed by atoms with Crippen molar-refractivity contribution in [2.75, 3.05) is 0 Å². The largest absolute Gasteiger partial charge is 0.305 e. The van der Waals surface area contributed by atoms with E-state index in [4.69, 9.17) is 0 Å². The van der Waals surface area contributed by atoms with E-state index in [9.17, 15) is 0 Å². The van der Waals surface area contributed by atoms with Gasteiger partial charge in [-0.25, -0.2) is 0 Å². The van der Waals surface area contributed by atoms with E-state index in [0.29, 0.717) is 0 Å². The second-order valence-corrected chi connectivity index (χ2v) is 10.6. The van der Waals surface area contributed by atoms with E-state index < -0.39 is 0 Å². The minimum absolute atomic E-state index is 0.0370. The smallest absolute Gasteiger partial charge is 0.0725 e.